The number of hydrogen-bond acceptors (Lipinski definition) is 6. The molecular formula is C19H34N3O6P. The number of carboxylic acid groups (broad SMARTS) is 1. The number of aliphatic carboxylic acids is 1. The fraction of sp³-hybridized carbons (Fsp3) is 0.579. The van der Waals surface area contributed by atoms with Crippen molar-refractivity contribution in [3.8, 4) is 0 Å². The second-order valence-electron chi connectivity index (χ2n) is 6.78. The molecule has 9 nitrogen and oxygen atoms in total. The Morgan fingerprint density at radius 3 is 2.34 bits per heavy atom. The lowest BCUT2D eigenvalue weighted by Gasteiger charge is -2.26. The number of nitrogens with two attached hydrogens (primary N) is 2. The largest absolute Gasteiger partial charge is 0.479 e. The van der Waals surface area contributed by atoms with E-state index in [4.69, 9.17) is 16.0 Å². The lowest BCUT2D eigenvalue weighted by molar-refractivity contribution is -0.145. The summed E-state index contributed by atoms with van der Waals surface area (Å²) in [6.07, 6.45) is 0.729. The van der Waals surface area contributed by atoms with Crippen LogP contribution in [0.5, 0.6) is 0 Å². The lowest BCUT2D eigenvalue weighted by Crippen LogP contribution is -2.37. The van der Waals surface area contributed by atoms with Crippen LogP contribution in [-0.4, -0.2) is 46.9 Å². The molecule has 0 bridgehead atoms. The fourth-order valence-corrected chi connectivity index (χ4v) is 4.26. The summed E-state index contributed by atoms with van der Waals surface area (Å²) in [5.41, 5.74) is 11.8. The number of nitrogens with one attached hydrogen (secondary N) is 1. The van der Waals surface area contributed by atoms with Crippen LogP contribution in [0, 0.1) is 0 Å². The second kappa shape index (κ2) is 13.5. The van der Waals surface area contributed by atoms with E-state index in [1.807, 2.05) is 30.3 Å². The zero-order valence-electron chi connectivity index (χ0n) is 16.5. The quantitative estimate of drug-likeness (QED) is 0.207. The average molecular weight is 431 g/mol. The molecule has 0 aliphatic rings. The number of benzene rings is 1. The molecule has 0 radical (unpaired) electrons. The van der Waals surface area contributed by atoms with Gasteiger partial charge >= 0.3 is 13.6 Å². The van der Waals surface area contributed by atoms with Crippen LogP contribution in [0.25, 0.3) is 0 Å². The molecule has 0 saturated heterocycles. The predicted molar refractivity (Wildman–Crippen MR) is 112 cm³/mol. The van der Waals surface area contributed by atoms with E-state index in [-0.39, 0.29) is 27.2 Å². The summed E-state index contributed by atoms with van der Waals surface area (Å²) < 4.78 is 17.9. The van der Waals surface area contributed by atoms with Crippen LogP contribution in [0.4, 0.5) is 0 Å². The van der Waals surface area contributed by atoms with Crippen LogP contribution in [0.1, 0.15) is 45.5 Å². The Bertz CT molecular complexity index is 679. The Morgan fingerprint density at radius 1 is 1.10 bits per heavy atom. The molecule has 0 fully saturated rings. The zero-order valence-corrected chi connectivity index (χ0v) is 17.4. The number of hydrogen-bond donors (Lipinski definition) is 5. The Balaban J connectivity index is 0.00000841. The van der Waals surface area contributed by atoms with Gasteiger partial charge in [0.15, 0.2) is 6.10 Å². The minimum absolute atomic E-state index is 0. The van der Waals surface area contributed by atoms with Gasteiger partial charge in [-0.15, -0.1) is 0 Å². The molecule has 0 saturated carbocycles. The topological polar surface area (TPSA) is 165 Å². The number of rotatable bonds is 15. The normalized spacial score (nSPS) is 15.3. The van der Waals surface area contributed by atoms with E-state index in [0.717, 1.165) is 5.56 Å². The summed E-state index contributed by atoms with van der Waals surface area (Å²) in [5, 5.41) is 11.8. The molecule has 1 aromatic carbocycles. The summed E-state index contributed by atoms with van der Waals surface area (Å²) >= 11 is 0. The Morgan fingerprint density at radius 2 is 1.76 bits per heavy atom. The molecule has 0 heterocycles. The molecule has 7 N–H and O–H groups in total. The maximum Gasteiger partial charge on any atom is 0.351 e. The minimum atomic E-state index is -4.44. The predicted octanol–water partition coefficient (Wildman–Crippen LogP) is 1.83. The van der Waals surface area contributed by atoms with Crippen molar-refractivity contribution in [2.75, 3.05) is 13.1 Å². The molecule has 3 unspecified atom stereocenters. The SMILES string of the molecule is NCCCCC(OP(=O)(O)C(CCCN)NC(=O)CCc1ccccc1)C(=O)O.[HH]. The van der Waals surface area contributed by atoms with Gasteiger partial charge in [0.2, 0.25) is 5.91 Å². The molecule has 1 aromatic rings. The summed E-state index contributed by atoms with van der Waals surface area (Å²) in [5.74, 6) is -2.96. The molecule has 3 atom stereocenters. The second-order valence-corrected chi connectivity index (χ2v) is 8.74. The summed E-state index contributed by atoms with van der Waals surface area (Å²) in [6.45, 7) is 0.648. The van der Waals surface area contributed by atoms with Crippen LogP contribution < -0.4 is 16.8 Å². The molecule has 0 aliphatic heterocycles. The summed E-state index contributed by atoms with van der Waals surface area (Å²) in [4.78, 5) is 34.1. The van der Waals surface area contributed by atoms with Gasteiger partial charge in [0.05, 0.1) is 0 Å². The zero-order chi connectivity index (χ0) is 21.7. The monoisotopic (exact) mass is 431 g/mol. The van der Waals surface area contributed by atoms with Gasteiger partial charge < -0.3 is 26.8 Å². The number of unbranched alkanes of at least 4 members (excludes halogenated alkanes) is 1. The molecule has 1 rings (SSSR count). The van der Waals surface area contributed by atoms with Crippen molar-refractivity contribution in [2.24, 2.45) is 11.5 Å². The van der Waals surface area contributed by atoms with Gasteiger partial charge in [-0.3, -0.25) is 13.9 Å². The molecule has 0 aromatic heterocycles. The average Bonchev–Trinajstić information content (AvgIpc) is 2.69. The van der Waals surface area contributed by atoms with Gasteiger partial charge in [-0.1, -0.05) is 30.3 Å². The number of carbonyl (C=O) groups is 2. The van der Waals surface area contributed by atoms with E-state index in [0.29, 0.717) is 32.2 Å². The van der Waals surface area contributed by atoms with Crippen LogP contribution in [0.2, 0.25) is 0 Å². The third-order valence-corrected chi connectivity index (χ3v) is 6.09. The van der Waals surface area contributed by atoms with Crippen molar-refractivity contribution in [1.82, 2.24) is 5.32 Å². The molecule has 1 amide bonds. The Kier molecular flexibility index (Phi) is 11.7. The van der Waals surface area contributed by atoms with Crippen molar-refractivity contribution >= 4 is 19.5 Å². The van der Waals surface area contributed by atoms with Gasteiger partial charge in [0, 0.05) is 7.85 Å². The highest BCUT2D eigenvalue weighted by molar-refractivity contribution is 7.53. The first-order valence-electron chi connectivity index (χ1n) is 9.77. The maximum absolute atomic E-state index is 12.8. The minimum Gasteiger partial charge on any atom is -0.479 e. The fourth-order valence-electron chi connectivity index (χ4n) is 2.74. The molecule has 10 heteroatoms. The first kappa shape index (κ1) is 25.3. The van der Waals surface area contributed by atoms with E-state index in [2.05, 4.69) is 5.32 Å². The van der Waals surface area contributed by atoms with Crippen molar-refractivity contribution in [1.29, 1.82) is 0 Å². The van der Waals surface area contributed by atoms with Crippen molar-refractivity contribution in [2.45, 2.75) is 56.8 Å². The molecule has 29 heavy (non-hydrogen) atoms. The van der Waals surface area contributed by atoms with Crippen molar-refractivity contribution < 1.29 is 30.1 Å². The van der Waals surface area contributed by atoms with E-state index in [1.54, 1.807) is 0 Å². The van der Waals surface area contributed by atoms with E-state index in [9.17, 15) is 24.2 Å². The van der Waals surface area contributed by atoms with Gasteiger partial charge in [0.1, 0.15) is 5.78 Å². The Labute approximate surface area is 172 Å². The lowest BCUT2D eigenvalue weighted by atomic mass is 10.1. The highest BCUT2D eigenvalue weighted by Gasteiger charge is 2.37. The van der Waals surface area contributed by atoms with Gasteiger partial charge in [0.25, 0.3) is 0 Å². The first-order valence-corrected chi connectivity index (χ1v) is 11.4. The van der Waals surface area contributed by atoms with Crippen LogP contribution in [0.15, 0.2) is 30.3 Å². The maximum atomic E-state index is 12.8. The third-order valence-electron chi connectivity index (χ3n) is 4.36. The summed E-state index contributed by atoms with van der Waals surface area (Å²) in [7, 11) is -4.44. The van der Waals surface area contributed by atoms with E-state index in [1.165, 1.54) is 0 Å². The Hall–Kier alpha value is -1.77. The third kappa shape index (κ3) is 10.0. The smallest absolute Gasteiger partial charge is 0.351 e. The first-order chi connectivity index (χ1) is 13.8. The van der Waals surface area contributed by atoms with Gasteiger partial charge in [-0.25, -0.2) is 4.79 Å². The van der Waals surface area contributed by atoms with Crippen molar-refractivity contribution in [3.05, 3.63) is 35.9 Å². The highest BCUT2D eigenvalue weighted by atomic mass is 31.2. The number of aryl methyl sites for hydroxylation is 1. The van der Waals surface area contributed by atoms with Crippen LogP contribution >= 0.6 is 7.60 Å². The number of carboxylic acids is 1. The van der Waals surface area contributed by atoms with Crippen LogP contribution in [-0.2, 0) is 25.1 Å². The molecule has 166 valence electrons. The van der Waals surface area contributed by atoms with Crippen LogP contribution in [0.3, 0.4) is 0 Å². The summed E-state index contributed by atoms with van der Waals surface area (Å²) in [6, 6.07) is 9.38. The van der Waals surface area contributed by atoms with Gasteiger partial charge in [-0.05, 0) is 57.2 Å². The van der Waals surface area contributed by atoms with Crippen molar-refractivity contribution in [3.63, 3.8) is 0 Å². The van der Waals surface area contributed by atoms with E-state index < -0.39 is 31.4 Å². The van der Waals surface area contributed by atoms with Gasteiger partial charge in [-0.2, -0.15) is 0 Å². The highest BCUT2D eigenvalue weighted by Crippen LogP contribution is 2.49. The molecule has 0 spiro atoms. The number of amides is 1. The molecular weight excluding hydrogens is 397 g/mol. The number of carbonyl (C=O) groups excluding carboxylic acids is 1. The van der Waals surface area contributed by atoms with E-state index >= 15 is 0 Å². The standard InChI is InChI=1S/C19H32N3O6P.H2/c20-13-5-4-9-16(19(24)25)28-29(26,27)18(10-6-14-21)22-17(23)12-11-15-7-2-1-3-8-15;/h1-3,7-8,16,18H,4-6,9-14,20-21H2,(H,22,23)(H,24,25)(H,26,27);1H. The molecule has 0 aliphatic carbocycles.